The molecule has 1 aliphatic rings. The van der Waals surface area contributed by atoms with Gasteiger partial charge in [0.1, 0.15) is 5.76 Å². The standard InChI is InChI=1S/C6H7ClN2O/c7-1-6-9-4-2-8-3-5(4)10-6/h8H,1-3H2. The van der Waals surface area contributed by atoms with E-state index in [0.29, 0.717) is 11.8 Å². The smallest absolute Gasteiger partial charge is 0.209 e. The van der Waals surface area contributed by atoms with Crippen LogP contribution in [0.4, 0.5) is 0 Å². The van der Waals surface area contributed by atoms with Crippen molar-refractivity contribution in [2.75, 3.05) is 0 Å². The Morgan fingerprint density at radius 1 is 1.60 bits per heavy atom. The molecule has 0 fully saturated rings. The molecular weight excluding hydrogens is 152 g/mol. The zero-order valence-electron chi connectivity index (χ0n) is 5.35. The number of nitrogens with zero attached hydrogens (tertiary/aromatic N) is 1. The molecule has 0 aliphatic carbocycles. The number of aromatic nitrogens is 1. The largest absolute Gasteiger partial charge is 0.443 e. The van der Waals surface area contributed by atoms with Crippen molar-refractivity contribution in [1.29, 1.82) is 0 Å². The Morgan fingerprint density at radius 3 is 3.20 bits per heavy atom. The highest BCUT2D eigenvalue weighted by Gasteiger charge is 2.16. The van der Waals surface area contributed by atoms with E-state index in [4.69, 9.17) is 16.0 Å². The molecule has 2 heterocycles. The van der Waals surface area contributed by atoms with Gasteiger partial charge in [0.15, 0.2) is 0 Å². The third-order valence-electron chi connectivity index (χ3n) is 1.51. The fourth-order valence-corrected chi connectivity index (χ4v) is 1.18. The zero-order chi connectivity index (χ0) is 6.97. The SMILES string of the molecule is ClCc1nc2c(o1)CNC2. The van der Waals surface area contributed by atoms with E-state index in [1.54, 1.807) is 0 Å². The number of fused-ring (bicyclic) bond motifs is 1. The molecule has 0 atom stereocenters. The Morgan fingerprint density at radius 2 is 2.50 bits per heavy atom. The van der Waals surface area contributed by atoms with Crippen LogP contribution in [0.15, 0.2) is 4.42 Å². The average Bonchev–Trinajstić information content (AvgIpc) is 2.42. The van der Waals surface area contributed by atoms with Gasteiger partial charge in [-0.25, -0.2) is 4.98 Å². The van der Waals surface area contributed by atoms with Crippen molar-refractivity contribution in [3.63, 3.8) is 0 Å². The monoisotopic (exact) mass is 158 g/mol. The molecule has 1 aromatic heterocycles. The Labute approximate surface area is 63.4 Å². The number of hydrogen-bond acceptors (Lipinski definition) is 3. The molecule has 1 aliphatic heterocycles. The lowest BCUT2D eigenvalue weighted by Gasteiger charge is -1.87. The third-order valence-corrected chi connectivity index (χ3v) is 1.74. The summed E-state index contributed by atoms with van der Waals surface area (Å²) in [5.41, 5.74) is 1.01. The van der Waals surface area contributed by atoms with Crippen molar-refractivity contribution < 1.29 is 4.42 Å². The first-order valence-corrected chi connectivity index (χ1v) is 3.68. The Bertz CT molecular complexity index is 224. The number of alkyl halides is 1. The molecule has 3 nitrogen and oxygen atoms in total. The lowest BCUT2D eigenvalue weighted by atomic mass is 10.4. The Kier molecular flexibility index (Phi) is 1.39. The highest BCUT2D eigenvalue weighted by Crippen LogP contribution is 2.16. The molecule has 0 spiro atoms. The number of rotatable bonds is 1. The second-order valence-corrected chi connectivity index (χ2v) is 2.48. The van der Waals surface area contributed by atoms with Crippen LogP contribution in [0, 0.1) is 0 Å². The highest BCUT2D eigenvalue weighted by atomic mass is 35.5. The second-order valence-electron chi connectivity index (χ2n) is 2.21. The lowest BCUT2D eigenvalue weighted by Crippen LogP contribution is -2.02. The molecule has 2 rings (SSSR count). The molecule has 1 aromatic rings. The molecule has 54 valence electrons. The van der Waals surface area contributed by atoms with Crippen LogP contribution in [0.1, 0.15) is 17.3 Å². The van der Waals surface area contributed by atoms with Crippen molar-refractivity contribution in [1.82, 2.24) is 10.3 Å². The van der Waals surface area contributed by atoms with Crippen molar-refractivity contribution in [2.45, 2.75) is 19.0 Å². The summed E-state index contributed by atoms with van der Waals surface area (Å²) < 4.78 is 5.27. The maximum Gasteiger partial charge on any atom is 0.209 e. The minimum Gasteiger partial charge on any atom is -0.443 e. The molecule has 0 saturated carbocycles. The molecule has 0 aromatic carbocycles. The van der Waals surface area contributed by atoms with Gasteiger partial charge in [-0.05, 0) is 0 Å². The van der Waals surface area contributed by atoms with Crippen LogP contribution in [0.25, 0.3) is 0 Å². The van der Waals surface area contributed by atoms with Crippen LogP contribution in [0.2, 0.25) is 0 Å². The van der Waals surface area contributed by atoms with Crippen molar-refractivity contribution in [3.05, 3.63) is 17.3 Å². The molecule has 0 saturated heterocycles. The topological polar surface area (TPSA) is 38.1 Å². The molecule has 0 radical (unpaired) electrons. The van der Waals surface area contributed by atoms with Crippen LogP contribution >= 0.6 is 11.6 Å². The maximum absolute atomic E-state index is 5.52. The lowest BCUT2D eigenvalue weighted by molar-refractivity contribution is 0.464. The third kappa shape index (κ3) is 0.822. The van der Waals surface area contributed by atoms with Gasteiger partial charge < -0.3 is 9.73 Å². The summed E-state index contributed by atoms with van der Waals surface area (Å²) >= 11 is 5.52. The summed E-state index contributed by atoms with van der Waals surface area (Å²) in [6.07, 6.45) is 0. The average molecular weight is 159 g/mol. The van der Waals surface area contributed by atoms with Gasteiger partial charge in [-0.3, -0.25) is 0 Å². The summed E-state index contributed by atoms with van der Waals surface area (Å²) in [6, 6.07) is 0. The predicted octanol–water partition coefficient (Wildman–Crippen LogP) is 1.02. The Hall–Kier alpha value is -0.540. The second kappa shape index (κ2) is 2.25. The molecular formula is C6H7ClN2O. The summed E-state index contributed by atoms with van der Waals surface area (Å²) in [5, 5.41) is 3.12. The predicted molar refractivity (Wildman–Crippen MR) is 36.6 cm³/mol. The first-order valence-electron chi connectivity index (χ1n) is 3.14. The van der Waals surface area contributed by atoms with E-state index in [1.165, 1.54) is 0 Å². The molecule has 1 N–H and O–H groups in total. The van der Waals surface area contributed by atoms with Gasteiger partial charge in [0.05, 0.1) is 18.1 Å². The van der Waals surface area contributed by atoms with Gasteiger partial charge in [-0.2, -0.15) is 0 Å². The minimum atomic E-state index is 0.368. The summed E-state index contributed by atoms with van der Waals surface area (Å²) in [6.45, 7) is 1.61. The molecule has 0 amide bonds. The van der Waals surface area contributed by atoms with Gasteiger partial charge in [0.25, 0.3) is 0 Å². The van der Waals surface area contributed by atoms with Crippen molar-refractivity contribution in [3.8, 4) is 0 Å². The normalized spacial score (nSPS) is 15.7. The van der Waals surface area contributed by atoms with Gasteiger partial charge in [0, 0.05) is 6.54 Å². The van der Waals surface area contributed by atoms with Crippen LogP contribution in [0.3, 0.4) is 0 Å². The summed E-state index contributed by atoms with van der Waals surface area (Å²) in [4.78, 5) is 4.15. The zero-order valence-corrected chi connectivity index (χ0v) is 6.11. The fraction of sp³-hybridized carbons (Fsp3) is 0.500. The van der Waals surface area contributed by atoms with Crippen LogP contribution in [-0.4, -0.2) is 4.98 Å². The van der Waals surface area contributed by atoms with Crippen LogP contribution in [0.5, 0.6) is 0 Å². The number of oxazole rings is 1. The number of hydrogen-bond donors (Lipinski definition) is 1. The quantitative estimate of drug-likeness (QED) is 0.621. The summed E-state index contributed by atoms with van der Waals surface area (Å²) in [5.74, 6) is 1.94. The first-order chi connectivity index (χ1) is 4.90. The van der Waals surface area contributed by atoms with E-state index >= 15 is 0 Å². The van der Waals surface area contributed by atoms with Crippen LogP contribution in [-0.2, 0) is 19.0 Å². The van der Waals surface area contributed by atoms with Gasteiger partial charge >= 0.3 is 0 Å². The van der Waals surface area contributed by atoms with E-state index < -0.39 is 0 Å². The molecule has 4 heteroatoms. The molecule has 10 heavy (non-hydrogen) atoms. The van der Waals surface area contributed by atoms with E-state index in [1.807, 2.05) is 0 Å². The van der Waals surface area contributed by atoms with Gasteiger partial charge in [0.2, 0.25) is 5.89 Å². The Balaban J connectivity index is 2.37. The molecule has 0 unspecified atom stereocenters. The van der Waals surface area contributed by atoms with E-state index in [-0.39, 0.29) is 0 Å². The fourth-order valence-electron chi connectivity index (χ4n) is 1.06. The first kappa shape index (κ1) is 6.19. The van der Waals surface area contributed by atoms with Gasteiger partial charge in [-0.1, -0.05) is 0 Å². The van der Waals surface area contributed by atoms with E-state index in [2.05, 4.69) is 10.3 Å². The van der Waals surface area contributed by atoms with Gasteiger partial charge in [-0.15, -0.1) is 11.6 Å². The van der Waals surface area contributed by atoms with Crippen LogP contribution < -0.4 is 5.32 Å². The van der Waals surface area contributed by atoms with Crippen molar-refractivity contribution in [2.24, 2.45) is 0 Å². The maximum atomic E-state index is 5.52. The number of nitrogens with one attached hydrogen (secondary N) is 1. The highest BCUT2D eigenvalue weighted by molar-refractivity contribution is 6.16. The summed E-state index contributed by atoms with van der Waals surface area (Å²) in [7, 11) is 0. The van der Waals surface area contributed by atoms with E-state index in [0.717, 1.165) is 24.5 Å². The molecule has 0 bridgehead atoms. The van der Waals surface area contributed by atoms with Crippen molar-refractivity contribution >= 4 is 11.6 Å². The minimum absolute atomic E-state index is 0.368. The number of halogens is 1. The van der Waals surface area contributed by atoms with E-state index in [9.17, 15) is 0 Å².